The van der Waals surface area contributed by atoms with E-state index in [0.717, 1.165) is 38.6 Å². The molecule has 1 amide bonds. The zero-order chi connectivity index (χ0) is 13.4. The van der Waals surface area contributed by atoms with E-state index in [0.29, 0.717) is 13.2 Å². The second kappa shape index (κ2) is 8.45. The van der Waals surface area contributed by atoms with Gasteiger partial charge in [0, 0.05) is 32.7 Å². The third-order valence-electron chi connectivity index (χ3n) is 3.24. The quantitative estimate of drug-likeness (QED) is 0.660. The molecule has 0 saturated carbocycles. The van der Waals surface area contributed by atoms with E-state index >= 15 is 0 Å². The lowest BCUT2D eigenvalue weighted by Gasteiger charge is -2.35. The van der Waals surface area contributed by atoms with Crippen LogP contribution in [0.2, 0.25) is 0 Å². The Labute approximate surface area is 110 Å². The summed E-state index contributed by atoms with van der Waals surface area (Å²) >= 11 is 0. The van der Waals surface area contributed by atoms with Crippen LogP contribution in [0.25, 0.3) is 0 Å². The van der Waals surface area contributed by atoms with Crippen LogP contribution in [0, 0.1) is 5.92 Å². The molecule has 1 aliphatic rings. The fourth-order valence-electron chi connectivity index (χ4n) is 2.00. The smallest absolute Gasteiger partial charge is 0.248 e. The van der Waals surface area contributed by atoms with Crippen LogP contribution in [-0.2, 0) is 9.53 Å². The maximum Gasteiger partial charge on any atom is 0.248 e. The Morgan fingerprint density at radius 2 is 1.94 bits per heavy atom. The van der Waals surface area contributed by atoms with Gasteiger partial charge in [-0.2, -0.15) is 0 Å². The van der Waals surface area contributed by atoms with Crippen molar-refractivity contribution in [3.63, 3.8) is 0 Å². The highest BCUT2D eigenvalue weighted by atomic mass is 16.5. The van der Waals surface area contributed by atoms with Gasteiger partial charge < -0.3 is 15.4 Å². The topological polar surface area (TPSA) is 58.8 Å². The molecule has 2 N–H and O–H groups in total. The standard InChI is InChI=1S/C13H27N3O2/c1-12(2)3-5-15-6-8-16(9-7-15)13(17)11-18-10-4-14/h12H,3-11,14H2,1-2H3. The summed E-state index contributed by atoms with van der Waals surface area (Å²) in [7, 11) is 0. The lowest BCUT2D eigenvalue weighted by Crippen LogP contribution is -2.50. The Morgan fingerprint density at radius 1 is 1.28 bits per heavy atom. The molecule has 1 saturated heterocycles. The van der Waals surface area contributed by atoms with Crippen LogP contribution in [0.5, 0.6) is 0 Å². The van der Waals surface area contributed by atoms with Crippen molar-refractivity contribution in [3.05, 3.63) is 0 Å². The Morgan fingerprint density at radius 3 is 2.50 bits per heavy atom. The molecule has 0 aliphatic carbocycles. The number of nitrogens with zero attached hydrogens (tertiary/aromatic N) is 2. The van der Waals surface area contributed by atoms with Crippen molar-refractivity contribution < 1.29 is 9.53 Å². The van der Waals surface area contributed by atoms with Crippen LogP contribution in [0.1, 0.15) is 20.3 Å². The summed E-state index contributed by atoms with van der Waals surface area (Å²) in [6.07, 6.45) is 1.23. The molecule has 0 unspecified atom stereocenters. The summed E-state index contributed by atoms with van der Waals surface area (Å²) in [4.78, 5) is 16.1. The van der Waals surface area contributed by atoms with Crippen molar-refractivity contribution in [3.8, 4) is 0 Å². The summed E-state index contributed by atoms with van der Waals surface area (Å²) < 4.78 is 5.17. The minimum Gasteiger partial charge on any atom is -0.370 e. The Kier molecular flexibility index (Phi) is 7.23. The van der Waals surface area contributed by atoms with Crippen molar-refractivity contribution >= 4 is 5.91 Å². The third-order valence-corrected chi connectivity index (χ3v) is 3.24. The fourth-order valence-corrected chi connectivity index (χ4v) is 2.00. The minimum atomic E-state index is 0.0898. The lowest BCUT2D eigenvalue weighted by molar-refractivity contribution is -0.137. The van der Waals surface area contributed by atoms with Gasteiger partial charge in [0.2, 0.25) is 5.91 Å². The molecule has 0 bridgehead atoms. The van der Waals surface area contributed by atoms with Crippen molar-refractivity contribution in [2.75, 3.05) is 52.5 Å². The van der Waals surface area contributed by atoms with Gasteiger partial charge >= 0.3 is 0 Å². The molecular formula is C13H27N3O2. The van der Waals surface area contributed by atoms with Gasteiger partial charge in [-0.25, -0.2) is 0 Å². The summed E-state index contributed by atoms with van der Waals surface area (Å²) in [5.41, 5.74) is 5.31. The number of ether oxygens (including phenoxy) is 1. The van der Waals surface area contributed by atoms with E-state index < -0.39 is 0 Å². The van der Waals surface area contributed by atoms with Gasteiger partial charge in [-0.15, -0.1) is 0 Å². The first-order valence-electron chi connectivity index (χ1n) is 6.91. The molecule has 0 aromatic rings. The number of piperazine rings is 1. The van der Waals surface area contributed by atoms with E-state index in [2.05, 4.69) is 18.7 Å². The predicted octanol–water partition coefficient (Wildman–Crippen LogP) is 0.152. The molecule has 0 spiro atoms. The zero-order valence-electron chi connectivity index (χ0n) is 11.7. The van der Waals surface area contributed by atoms with Crippen LogP contribution >= 0.6 is 0 Å². The maximum atomic E-state index is 11.8. The van der Waals surface area contributed by atoms with Gasteiger partial charge in [0.1, 0.15) is 6.61 Å². The first-order chi connectivity index (χ1) is 8.63. The molecular weight excluding hydrogens is 230 g/mol. The summed E-state index contributed by atoms with van der Waals surface area (Å²) in [5, 5.41) is 0. The van der Waals surface area contributed by atoms with Crippen LogP contribution < -0.4 is 5.73 Å². The van der Waals surface area contributed by atoms with Gasteiger partial charge in [-0.1, -0.05) is 13.8 Å². The molecule has 0 aromatic heterocycles. The number of hydrogen-bond acceptors (Lipinski definition) is 4. The summed E-state index contributed by atoms with van der Waals surface area (Å²) in [5.74, 6) is 0.835. The molecule has 1 rings (SSSR count). The second-order valence-electron chi connectivity index (χ2n) is 5.25. The van der Waals surface area contributed by atoms with E-state index in [-0.39, 0.29) is 12.5 Å². The van der Waals surface area contributed by atoms with Crippen molar-refractivity contribution in [1.82, 2.24) is 9.80 Å². The largest absolute Gasteiger partial charge is 0.370 e. The SMILES string of the molecule is CC(C)CCN1CCN(C(=O)COCCN)CC1. The van der Waals surface area contributed by atoms with Gasteiger partial charge in [0.25, 0.3) is 0 Å². The van der Waals surface area contributed by atoms with Crippen LogP contribution in [0.4, 0.5) is 0 Å². The van der Waals surface area contributed by atoms with E-state index in [1.54, 1.807) is 0 Å². The minimum absolute atomic E-state index is 0.0898. The Bertz CT molecular complexity index is 238. The third kappa shape index (κ3) is 5.80. The molecule has 5 nitrogen and oxygen atoms in total. The number of amides is 1. The average molecular weight is 257 g/mol. The van der Waals surface area contributed by atoms with Crippen molar-refractivity contribution in [1.29, 1.82) is 0 Å². The number of carbonyl (C=O) groups excluding carboxylic acids is 1. The van der Waals surface area contributed by atoms with Crippen molar-refractivity contribution in [2.45, 2.75) is 20.3 Å². The van der Waals surface area contributed by atoms with Crippen LogP contribution in [0.15, 0.2) is 0 Å². The van der Waals surface area contributed by atoms with Crippen molar-refractivity contribution in [2.24, 2.45) is 11.7 Å². The van der Waals surface area contributed by atoms with Gasteiger partial charge in [0.15, 0.2) is 0 Å². The average Bonchev–Trinajstić information content (AvgIpc) is 2.37. The lowest BCUT2D eigenvalue weighted by atomic mass is 10.1. The highest BCUT2D eigenvalue weighted by molar-refractivity contribution is 5.77. The van der Waals surface area contributed by atoms with Gasteiger partial charge in [-0.05, 0) is 18.9 Å². The first-order valence-corrected chi connectivity index (χ1v) is 6.91. The van der Waals surface area contributed by atoms with E-state index in [1.165, 1.54) is 6.42 Å². The molecule has 18 heavy (non-hydrogen) atoms. The molecule has 0 atom stereocenters. The number of rotatable bonds is 7. The molecule has 5 heteroatoms. The highest BCUT2D eigenvalue weighted by Gasteiger charge is 2.20. The maximum absolute atomic E-state index is 11.8. The van der Waals surface area contributed by atoms with E-state index in [4.69, 9.17) is 10.5 Å². The molecule has 1 aliphatic heterocycles. The van der Waals surface area contributed by atoms with E-state index in [1.807, 2.05) is 4.90 Å². The van der Waals surface area contributed by atoms with Gasteiger partial charge in [-0.3, -0.25) is 9.69 Å². The predicted molar refractivity (Wildman–Crippen MR) is 72.3 cm³/mol. The highest BCUT2D eigenvalue weighted by Crippen LogP contribution is 2.06. The summed E-state index contributed by atoms with van der Waals surface area (Å²) in [6.45, 7) is 10.3. The summed E-state index contributed by atoms with van der Waals surface area (Å²) in [6, 6.07) is 0. The first kappa shape index (κ1) is 15.4. The van der Waals surface area contributed by atoms with E-state index in [9.17, 15) is 4.79 Å². The number of carbonyl (C=O) groups is 1. The fraction of sp³-hybridized carbons (Fsp3) is 0.923. The molecule has 0 aromatic carbocycles. The number of nitrogens with two attached hydrogens (primary N) is 1. The van der Waals surface area contributed by atoms with Crippen LogP contribution in [-0.4, -0.2) is 68.2 Å². The molecule has 0 radical (unpaired) electrons. The normalized spacial score (nSPS) is 17.4. The Hall–Kier alpha value is -0.650. The monoisotopic (exact) mass is 257 g/mol. The van der Waals surface area contributed by atoms with Gasteiger partial charge in [0.05, 0.1) is 6.61 Å². The van der Waals surface area contributed by atoms with Crippen LogP contribution in [0.3, 0.4) is 0 Å². The molecule has 1 heterocycles. The Balaban J connectivity index is 2.16. The number of hydrogen-bond donors (Lipinski definition) is 1. The molecule has 1 fully saturated rings. The molecule has 106 valence electrons. The second-order valence-corrected chi connectivity index (χ2v) is 5.25. The zero-order valence-corrected chi connectivity index (χ0v) is 11.7.